The molecule has 0 spiro atoms. The number of benzene rings is 9. The van der Waals surface area contributed by atoms with E-state index in [1.165, 1.54) is 59.9 Å². The van der Waals surface area contributed by atoms with Crippen LogP contribution in [0.3, 0.4) is 0 Å². The molecule has 0 amide bonds. The highest BCUT2D eigenvalue weighted by atomic mass is 16.5. The molecule has 0 saturated heterocycles. The zero-order valence-electron chi connectivity index (χ0n) is 31.3. The van der Waals surface area contributed by atoms with E-state index in [0.717, 1.165) is 56.3 Å². The highest BCUT2D eigenvalue weighted by Crippen LogP contribution is 2.47. The van der Waals surface area contributed by atoms with Gasteiger partial charge in [0.05, 0.1) is 38.8 Å². The number of hydrogen-bond acceptors (Lipinski definition) is 1. The Labute approximate surface area is 333 Å². The minimum absolute atomic E-state index is 0.869. The average Bonchev–Trinajstić information content (AvgIpc) is 3.93. The van der Waals surface area contributed by atoms with E-state index in [-0.39, 0.29) is 0 Å². The van der Waals surface area contributed by atoms with Crippen LogP contribution in [0.1, 0.15) is 0 Å². The van der Waals surface area contributed by atoms with Crippen molar-refractivity contribution in [1.82, 2.24) is 13.7 Å². The lowest BCUT2D eigenvalue weighted by Crippen LogP contribution is -2.03. The van der Waals surface area contributed by atoms with Crippen LogP contribution >= 0.6 is 0 Å². The van der Waals surface area contributed by atoms with Crippen LogP contribution in [0, 0.1) is 0 Å². The van der Waals surface area contributed by atoms with Gasteiger partial charge in [-0.15, -0.1) is 0 Å². The van der Waals surface area contributed by atoms with E-state index in [4.69, 9.17) is 4.74 Å². The molecule has 12 aromatic rings. The molecule has 270 valence electrons. The summed E-state index contributed by atoms with van der Waals surface area (Å²) in [5.41, 5.74) is 15.1. The molecule has 13 rings (SSSR count). The first-order valence-corrected chi connectivity index (χ1v) is 19.8. The fourth-order valence-corrected chi connectivity index (χ4v) is 9.68. The van der Waals surface area contributed by atoms with Crippen LogP contribution in [0.25, 0.3) is 105 Å². The van der Waals surface area contributed by atoms with Gasteiger partial charge in [-0.3, -0.25) is 0 Å². The first-order valence-electron chi connectivity index (χ1n) is 19.8. The van der Waals surface area contributed by atoms with Crippen LogP contribution in [0.4, 0.5) is 0 Å². The molecule has 0 bridgehead atoms. The van der Waals surface area contributed by atoms with Gasteiger partial charge in [0.2, 0.25) is 0 Å². The third-order valence-electron chi connectivity index (χ3n) is 12.2. The third-order valence-corrected chi connectivity index (χ3v) is 12.2. The summed E-state index contributed by atoms with van der Waals surface area (Å²) in [5, 5.41) is 7.41. The van der Waals surface area contributed by atoms with Crippen molar-refractivity contribution < 1.29 is 4.74 Å². The van der Waals surface area contributed by atoms with Gasteiger partial charge in [0.1, 0.15) is 0 Å². The number of ether oxygens (including phenoxy) is 1. The molecule has 0 radical (unpaired) electrons. The normalized spacial score (nSPS) is 12.3. The molecule has 58 heavy (non-hydrogen) atoms. The standard InChI is InChI=1S/C54H33N3O/c1-5-21-46-40(17-1)41-18-2-6-22-47(41)56(46)39-27-28-50-44(33-39)42-19-3-7-23-48(42)55(50)38-16-12-15-36(30-38)34-13-11-14-35(29-34)37-31-45-43-20-4-8-24-49(43)57-51-25-9-10-26-52(51)58-53(32-37)54(45)57/h1-33H. The van der Waals surface area contributed by atoms with E-state index in [0.29, 0.717) is 0 Å². The first kappa shape index (κ1) is 31.4. The summed E-state index contributed by atoms with van der Waals surface area (Å²) in [4.78, 5) is 0. The van der Waals surface area contributed by atoms with Crippen LogP contribution in [-0.4, -0.2) is 13.7 Å². The second-order valence-electron chi connectivity index (χ2n) is 15.3. The van der Waals surface area contributed by atoms with Gasteiger partial charge >= 0.3 is 0 Å². The maximum absolute atomic E-state index is 6.62. The summed E-state index contributed by atoms with van der Waals surface area (Å²) in [7, 11) is 0. The minimum Gasteiger partial charge on any atom is -0.453 e. The lowest BCUT2D eigenvalue weighted by atomic mass is 9.97. The summed E-state index contributed by atoms with van der Waals surface area (Å²) in [6, 6.07) is 72.5. The molecule has 0 saturated carbocycles. The smallest absolute Gasteiger partial charge is 0.152 e. The van der Waals surface area contributed by atoms with Crippen molar-refractivity contribution in [3.05, 3.63) is 200 Å². The molecule has 9 aromatic carbocycles. The van der Waals surface area contributed by atoms with E-state index in [2.05, 4.69) is 208 Å². The number of hydrogen-bond donors (Lipinski definition) is 0. The Morgan fingerprint density at radius 1 is 0.276 bits per heavy atom. The Morgan fingerprint density at radius 2 is 0.776 bits per heavy atom. The van der Waals surface area contributed by atoms with Crippen molar-refractivity contribution in [1.29, 1.82) is 0 Å². The van der Waals surface area contributed by atoms with Crippen LogP contribution in [-0.2, 0) is 0 Å². The maximum atomic E-state index is 6.62. The Morgan fingerprint density at radius 3 is 1.47 bits per heavy atom. The van der Waals surface area contributed by atoms with Crippen molar-refractivity contribution in [3.63, 3.8) is 0 Å². The fourth-order valence-electron chi connectivity index (χ4n) is 9.68. The van der Waals surface area contributed by atoms with E-state index in [1.54, 1.807) is 0 Å². The summed E-state index contributed by atoms with van der Waals surface area (Å²) < 4.78 is 13.8. The molecule has 0 atom stereocenters. The van der Waals surface area contributed by atoms with Gasteiger partial charge in [0.15, 0.2) is 11.5 Å². The van der Waals surface area contributed by atoms with E-state index in [9.17, 15) is 0 Å². The molecule has 3 aromatic heterocycles. The van der Waals surface area contributed by atoms with Crippen molar-refractivity contribution >= 4 is 65.4 Å². The van der Waals surface area contributed by atoms with Gasteiger partial charge in [-0.25, -0.2) is 0 Å². The van der Waals surface area contributed by atoms with Crippen molar-refractivity contribution in [2.75, 3.05) is 0 Å². The fraction of sp³-hybridized carbons (Fsp3) is 0. The molecule has 0 aliphatic carbocycles. The lowest BCUT2D eigenvalue weighted by Gasteiger charge is -2.21. The number of aromatic nitrogens is 3. The van der Waals surface area contributed by atoms with Crippen LogP contribution in [0.5, 0.6) is 11.5 Å². The Hall–Kier alpha value is -7.82. The number of fused-ring (bicyclic) bond motifs is 11. The van der Waals surface area contributed by atoms with E-state index in [1.807, 2.05) is 6.07 Å². The molecule has 0 N–H and O–H groups in total. The quantitative estimate of drug-likeness (QED) is 0.176. The predicted octanol–water partition coefficient (Wildman–Crippen LogP) is 14.4. The molecule has 1 aliphatic rings. The number of nitrogens with zero attached hydrogens (tertiary/aromatic N) is 3. The van der Waals surface area contributed by atoms with Crippen LogP contribution in [0.15, 0.2) is 200 Å². The zero-order valence-corrected chi connectivity index (χ0v) is 31.3. The minimum atomic E-state index is 0.869. The van der Waals surface area contributed by atoms with Crippen molar-refractivity contribution in [2.45, 2.75) is 0 Å². The van der Waals surface area contributed by atoms with E-state index < -0.39 is 0 Å². The van der Waals surface area contributed by atoms with Gasteiger partial charge in [0.25, 0.3) is 0 Å². The highest BCUT2D eigenvalue weighted by molar-refractivity contribution is 6.14. The predicted molar refractivity (Wildman–Crippen MR) is 240 cm³/mol. The van der Waals surface area contributed by atoms with E-state index >= 15 is 0 Å². The molecule has 4 heteroatoms. The number of rotatable bonds is 4. The second-order valence-corrected chi connectivity index (χ2v) is 15.3. The molecule has 1 aliphatic heterocycles. The molecule has 0 fully saturated rings. The highest BCUT2D eigenvalue weighted by Gasteiger charge is 2.25. The van der Waals surface area contributed by atoms with Crippen LogP contribution in [0.2, 0.25) is 0 Å². The third kappa shape index (κ3) is 4.40. The average molecular weight is 740 g/mol. The largest absolute Gasteiger partial charge is 0.453 e. The Bertz CT molecular complexity index is 3620. The SMILES string of the molecule is c1cc(-c2cccc(-n3c4ccccc4c4cc(-n5c6ccccc6c6ccccc65)ccc43)c2)cc(-c2cc3c4c(c2)c2ccccc2n4-c2ccccc2O3)c1. The first-order chi connectivity index (χ1) is 28.8. The van der Waals surface area contributed by atoms with Gasteiger partial charge in [-0.05, 0) is 107 Å². The summed E-state index contributed by atoms with van der Waals surface area (Å²) >= 11 is 0. The monoisotopic (exact) mass is 739 g/mol. The number of para-hydroxylation sites is 6. The Balaban J connectivity index is 0.941. The van der Waals surface area contributed by atoms with Gasteiger partial charge in [-0.2, -0.15) is 0 Å². The van der Waals surface area contributed by atoms with Gasteiger partial charge in [-0.1, -0.05) is 115 Å². The van der Waals surface area contributed by atoms with Crippen molar-refractivity contribution in [2.24, 2.45) is 0 Å². The lowest BCUT2D eigenvalue weighted by molar-refractivity contribution is 0.476. The zero-order chi connectivity index (χ0) is 37.9. The van der Waals surface area contributed by atoms with Gasteiger partial charge < -0.3 is 18.4 Å². The topological polar surface area (TPSA) is 24.0 Å². The summed E-state index contributed by atoms with van der Waals surface area (Å²) in [6.07, 6.45) is 0. The van der Waals surface area contributed by atoms with Crippen LogP contribution < -0.4 is 4.74 Å². The molecule has 0 unspecified atom stereocenters. The molecule has 4 heterocycles. The summed E-state index contributed by atoms with van der Waals surface area (Å²) in [5.74, 6) is 1.75. The maximum Gasteiger partial charge on any atom is 0.152 e. The molecular weight excluding hydrogens is 707 g/mol. The summed E-state index contributed by atoms with van der Waals surface area (Å²) in [6.45, 7) is 0. The Kier molecular flexibility index (Phi) is 6.41. The van der Waals surface area contributed by atoms with Gasteiger partial charge in [0, 0.05) is 43.7 Å². The molecule has 4 nitrogen and oxygen atoms in total. The second kappa shape index (κ2) is 11.8. The molecular formula is C54H33N3O. The van der Waals surface area contributed by atoms with Crippen molar-refractivity contribution in [3.8, 4) is 50.8 Å².